The molecule has 0 saturated heterocycles. The van der Waals surface area contributed by atoms with Crippen molar-refractivity contribution < 1.29 is 101 Å². The maximum absolute atomic E-state index is 14.5. The lowest BCUT2D eigenvalue weighted by atomic mass is 9.96. The minimum Gasteiger partial charge on any atom is -0.481 e. The van der Waals surface area contributed by atoms with Gasteiger partial charge in [-0.15, -0.1) is 0 Å². The van der Waals surface area contributed by atoms with Crippen molar-refractivity contribution in [3.05, 3.63) is 71.9 Å². The summed E-state index contributed by atoms with van der Waals surface area (Å²) in [4.78, 5) is 205. The van der Waals surface area contributed by atoms with Crippen LogP contribution in [-0.4, -0.2) is 239 Å². The molecule has 588 valence electrons. The summed E-state index contributed by atoms with van der Waals surface area (Å²) in [6.45, 7) is 5.22. The van der Waals surface area contributed by atoms with Gasteiger partial charge in [0.1, 0.15) is 72.5 Å². The highest BCUT2D eigenvalue weighted by Gasteiger charge is 2.42. The number of hydrogen-bond donors (Lipinski definition) is 22. The lowest BCUT2D eigenvalue weighted by Crippen LogP contribution is -2.62. The van der Waals surface area contributed by atoms with E-state index in [1.807, 2.05) is 5.32 Å². The Bertz CT molecular complexity index is 3510. The van der Waals surface area contributed by atoms with Crippen molar-refractivity contribution in [1.82, 2.24) is 74.1 Å². The van der Waals surface area contributed by atoms with Crippen molar-refractivity contribution in [1.29, 1.82) is 0 Å². The van der Waals surface area contributed by atoms with Crippen molar-refractivity contribution in [3.63, 3.8) is 0 Å². The number of nitrogens with one attached hydrogen (secondary N) is 14. The molecule has 0 aliphatic carbocycles. The van der Waals surface area contributed by atoms with Crippen molar-refractivity contribution in [2.75, 3.05) is 45.9 Å². The Kier molecular flexibility index (Phi) is 37.7. The fraction of sp³-hybridized carbons (Fsp3) is 0.567. The number of carboxylic acids is 2. The number of aromatic nitrogens is 1. The molecule has 106 heavy (non-hydrogen) atoms. The van der Waals surface area contributed by atoms with Gasteiger partial charge in [-0.05, 0) is 87.2 Å². The average Bonchev–Trinajstić information content (AvgIpc) is 1.75. The van der Waals surface area contributed by atoms with Crippen LogP contribution in [0.5, 0.6) is 0 Å². The molecule has 13 amide bonds. The van der Waals surface area contributed by atoms with E-state index >= 15 is 0 Å². The number of halogens is 2. The van der Waals surface area contributed by atoms with E-state index in [9.17, 15) is 101 Å². The number of amides is 13. The second kappa shape index (κ2) is 44.5. The second-order valence-electron chi connectivity index (χ2n) is 25.8. The number of aliphatic hydroxyl groups excluding tert-OH is 2. The van der Waals surface area contributed by atoms with Crippen LogP contribution in [0, 0.1) is 17.8 Å². The van der Waals surface area contributed by atoms with E-state index in [1.54, 1.807) is 82.3 Å². The molecule has 3 aromatic rings. The first-order valence-corrected chi connectivity index (χ1v) is 34.4. The number of aromatic amines is 1. The molecule has 3 rings (SSSR count). The van der Waals surface area contributed by atoms with Gasteiger partial charge in [0.15, 0.2) is 0 Å². The van der Waals surface area contributed by atoms with Gasteiger partial charge in [-0.25, -0.2) is 0 Å². The van der Waals surface area contributed by atoms with E-state index in [2.05, 4.69) is 68.8 Å². The molecule has 1 aromatic heterocycles. The van der Waals surface area contributed by atoms with Gasteiger partial charge in [0.25, 0.3) is 5.91 Å². The largest absolute Gasteiger partial charge is 0.481 e. The minimum atomic E-state index is -4.03. The van der Waals surface area contributed by atoms with Crippen LogP contribution in [0.25, 0.3) is 10.9 Å². The Morgan fingerprint density at radius 3 is 1.36 bits per heavy atom. The number of para-hydroxylation sites is 1. The predicted octanol–water partition coefficient (Wildman–Crippen LogP) is -6.16. The van der Waals surface area contributed by atoms with Crippen LogP contribution >= 0.6 is 0 Å². The van der Waals surface area contributed by atoms with Gasteiger partial charge in [-0.2, -0.15) is 8.78 Å². The number of alkyl halides is 2. The van der Waals surface area contributed by atoms with Crippen LogP contribution in [-0.2, 0) is 84.8 Å². The molecule has 0 aliphatic heterocycles. The molecular formula is C67H102F2N18O19. The van der Waals surface area contributed by atoms with Crippen LogP contribution in [0.1, 0.15) is 98.1 Å². The molecule has 0 unspecified atom stereocenters. The molecule has 39 heteroatoms. The first kappa shape index (κ1) is 89.9. The smallest absolute Gasteiger partial charge is 0.336 e. The van der Waals surface area contributed by atoms with E-state index < -0.39 is 224 Å². The molecular weight excluding hydrogens is 1400 g/mol. The quantitative estimate of drug-likeness (QED) is 0.0250. The molecule has 2 aromatic carbocycles. The van der Waals surface area contributed by atoms with Crippen LogP contribution < -0.4 is 92.1 Å². The molecule has 26 N–H and O–H groups in total. The summed E-state index contributed by atoms with van der Waals surface area (Å²) >= 11 is 0. The van der Waals surface area contributed by atoms with Crippen molar-refractivity contribution in [3.8, 4) is 0 Å². The monoisotopic (exact) mass is 1500 g/mol. The predicted molar refractivity (Wildman–Crippen MR) is 377 cm³/mol. The molecule has 0 bridgehead atoms. The average molecular weight is 1500 g/mol. The lowest BCUT2D eigenvalue weighted by molar-refractivity contribution is -0.147. The number of nitrogens with two attached hydrogens (primary N) is 4. The van der Waals surface area contributed by atoms with Gasteiger partial charge in [0, 0.05) is 36.4 Å². The molecule has 13 atom stereocenters. The zero-order valence-electron chi connectivity index (χ0n) is 60.0. The van der Waals surface area contributed by atoms with E-state index in [0.717, 1.165) is 0 Å². The first-order valence-electron chi connectivity index (χ1n) is 34.4. The molecule has 1 heterocycles. The third-order valence-electron chi connectivity index (χ3n) is 16.9. The summed E-state index contributed by atoms with van der Waals surface area (Å²) in [6.07, 6.45) is -0.928. The number of carbonyl (C=O) groups excluding carboxylic acids is 13. The molecule has 0 radical (unpaired) electrons. The standard InChI is InChI=1S/C67H102F2N18O19/c1-8-35(6)53(64(103)76-36(7)65(104)105)86-63(102)51(33(2)3)85-57(96)41(18-19-50(91)92)78-58(97)45(26-37-14-10-9-11-15-37)82-56(95)44(22-25-72)79-55(94)43(21-24-71)80-61(100)48(31-89)84-59(98)46(27-38-28-74-40-17-13-12-16-39(38)40)83-60(99)47(30-88)77-49(90)29-75-54(93)42(20-23-70)81-62(101)52(34(4)5)87-66(106)67(68,69)32-73/h9-17,28,33-36,41-48,51-53,74,88-89H,8,18-27,29-32,70-73H2,1-7H3,(H,75,93)(H,76,103)(H,77,90)(H,78,97)(H,79,94)(H,80,100)(H,81,101)(H,82,95)(H,83,99)(H,84,98)(H,85,96)(H,86,102)(H,87,106)(H,91,92)(H,104,105)/t35-,36-,41-,42+,43-,44+,45-,46+,47+,48-,51-,52+,53+/m0/s1. The minimum absolute atomic E-state index is 0.217. The van der Waals surface area contributed by atoms with Gasteiger partial charge in [-0.3, -0.25) is 71.9 Å². The van der Waals surface area contributed by atoms with Gasteiger partial charge in [0.05, 0.1) is 26.3 Å². The summed E-state index contributed by atoms with van der Waals surface area (Å²) in [7, 11) is 0. The fourth-order valence-corrected chi connectivity index (χ4v) is 10.4. The number of rotatable bonds is 47. The number of fused-ring (bicyclic) bond motifs is 1. The number of aliphatic carboxylic acids is 2. The Morgan fingerprint density at radius 2 is 0.868 bits per heavy atom. The maximum atomic E-state index is 14.5. The van der Waals surface area contributed by atoms with Crippen LogP contribution in [0.2, 0.25) is 0 Å². The number of benzene rings is 2. The molecule has 0 aliphatic rings. The zero-order chi connectivity index (χ0) is 79.7. The van der Waals surface area contributed by atoms with Crippen molar-refractivity contribution in [2.45, 2.75) is 178 Å². The van der Waals surface area contributed by atoms with Gasteiger partial charge < -0.3 is 117 Å². The van der Waals surface area contributed by atoms with Gasteiger partial charge >= 0.3 is 17.9 Å². The van der Waals surface area contributed by atoms with E-state index in [4.69, 9.17) is 22.9 Å². The second-order valence-corrected chi connectivity index (χ2v) is 25.8. The highest BCUT2D eigenvalue weighted by Crippen LogP contribution is 2.21. The van der Waals surface area contributed by atoms with Crippen molar-refractivity contribution in [2.24, 2.45) is 40.7 Å². The van der Waals surface area contributed by atoms with Crippen LogP contribution in [0.4, 0.5) is 8.78 Å². The normalized spacial score (nSPS) is 15.1. The molecule has 37 nitrogen and oxygen atoms in total. The Balaban J connectivity index is 1.87. The topological polar surface area (TPSA) is 613 Å². The number of carboxylic acid groups (broad SMARTS) is 2. The molecule has 0 spiro atoms. The molecule has 0 fully saturated rings. The van der Waals surface area contributed by atoms with E-state index in [1.165, 1.54) is 27.0 Å². The van der Waals surface area contributed by atoms with Gasteiger partial charge in [0.2, 0.25) is 70.9 Å². The summed E-state index contributed by atoms with van der Waals surface area (Å²) in [5, 5.41) is 71.3. The Morgan fingerprint density at radius 1 is 0.462 bits per heavy atom. The third kappa shape index (κ3) is 28.6. The van der Waals surface area contributed by atoms with Crippen LogP contribution in [0.15, 0.2) is 60.8 Å². The summed E-state index contributed by atoms with van der Waals surface area (Å²) in [5.74, 6) is -23.2. The Hall–Kier alpha value is -10.3. The maximum Gasteiger partial charge on any atom is 0.336 e. The summed E-state index contributed by atoms with van der Waals surface area (Å²) < 4.78 is 28.0. The first-order chi connectivity index (χ1) is 50.0. The summed E-state index contributed by atoms with van der Waals surface area (Å²) in [6, 6.07) is -4.18. The van der Waals surface area contributed by atoms with Crippen molar-refractivity contribution >= 4 is 99.6 Å². The summed E-state index contributed by atoms with van der Waals surface area (Å²) in [5.41, 5.74) is 23.9. The SMILES string of the molecule is CC[C@H](C)[C@@H](NC(=O)[C@@H](NC(=O)[C@H](CCC(=O)O)NC(=O)[C@H](Cc1ccccc1)NC(=O)[C@@H](CCN)NC(=O)[C@H](CCN)NC(=O)[C@H](CO)NC(=O)[C@@H](Cc1c[nH]c2ccccc12)NC(=O)[C@@H](CO)NC(=O)CNC(=O)[C@@H](CCN)NC(=O)[C@H](NC(=O)C(F)(F)CN)C(C)C)C(C)C)C(=O)N[C@@H](C)C(=O)O. The van der Waals surface area contributed by atoms with E-state index in [-0.39, 0.29) is 51.7 Å². The van der Waals surface area contributed by atoms with Gasteiger partial charge in [-0.1, -0.05) is 96.5 Å². The Labute approximate surface area is 609 Å². The zero-order valence-corrected chi connectivity index (χ0v) is 60.0. The number of carbonyl (C=O) groups is 15. The lowest BCUT2D eigenvalue weighted by Gasteiger charge is -2.30. The number of hydrogen-bond acceptors (Lipinski definition) is 21. The van der Waals surface area contributed by atoms with E-state index in [0.29, 0.717) is 28.5 Å². The number of H-pyrrole nitrogens is 1. The fourth-order valence-electron chi connectivity index (χ4n) is 10.4. The number of aliphatic hydroxyl groups is 2. The highest BCUT2D eigenvalue weighted by molar-refractivity contribution is 6.00. The van der Waals surface area contributed by atoms with Crippen LogP contribution in [0.3, 0.4) is 0 Å². The highest BCUT2D eigenvalue weighted by atomic mass is 19.3. The molecule has 0 saturated carbocycles. The third-order valence-corrected chi connectivity index (χ3v) is 16.9.